The van der Waals surface area contributed by atoms with E-state index in [0.717, 1.165) is 0 Å². The molecular weight excluding hydrogens is 356 g/mol. The Labute approximate surface area is 154 Å². The van der Waals surface area contributed by atoms with Crippen molar-refractivity contribution in [1.82, 2.24) is 25.1 Å². The molecule has 27 heavy (non-hydrogen) atoms. The minimum absolute atomic E-state index is 0.0538. The van der Waals surface area contributed by atoms with Gasteiger partial charge in [0.2, 0.25) is 0 Å². The van der Waals surface area contributed by atoms with Crippen LogP contribution in [-0.4, -0.2) is 76.0 Å². The first-order chi connectivity index (χ1) is 13.1. The molecule has 142 valence electrons. The predicted octanol–water partition coefficient (Wildman–Crippen LogP) is -0.656. The number of aliphatic hydroxyl groups excluding tert-OH is 1. The number of carbonyl (C=O) groups is 2. The second-order valence-electron chi connectivity index (χ2n) is 5.59. The number of nitrogens with one attached hydrogen (secondary N) is 1. The Morgan fingerprint density at radius 2 is 2.15 bits per heavy atom. The number of ether oxygens (including phenoxy) is 2. The molecule has 3 rings (SSSR count). The molecule has 0 unspecified atom stereocenters. The fraction of sp³-hybridized carbons (Fsp3) is 0.312. The smallest absolute Gasteiger partial charge is 0.337 e. The predicted molar refractivity (Wildman–Crippen MR) is 92.0 cm³/mol. The summed E-state index contributed by atoms with van der Waals surface area (Å²) >= 11 is 0. The minimum Gasteiger partial charge on any atom is -0.497 e. The summed E-state index contributed by atoms with van der Waals surface area (Å²) in [7, 11) is 2.75. The number of esters is 1. The number of amides is 1. The minimum atomic E-state index is -0.616. The number of tetrazole rings is 1. The van der Waals surface area contributed by atoms with Crippen LogP contribution in [-0.2, 0) is 14.3 Å². The zero-order valence-corrected chi connectivity index (χ0v) is 14.7. The molecule has 0 bridgehead atoms. The molecule has 0 saturated carbocycles. The fourth-order valence-electron chi connectivity index (χ4n) is 2.68. The van der Waals surface area contributed by atoms with Crippen molar-refractivity contribution in [2.75, 3.05) is 39.2 Å². The number of aromatic nitrogens is 4. The van der Waals surface area contributed by atoms with Crippen LogP contribution in [0.3, 0.4) is 0 Å². The number of hydrogen-bond acceptors (Lipinski definition) is 9. The van der Waals surface area contributed by atoms with E-state index in [9.17, 15) is 9.59 Å². The van der Waals surface area contributed by atoms with Gasteiger partial charge in [-0.3, -0.25) is 4.79 Å². The summed E-state index contributed by atoms with van der Waals surface area (Å²) in [6, 6.07) is 5.08. The van der Waals surface area contributed by atoms with Crippen LogP contribution in [0.15, 0.2) is 35.8 Å². The lowest BCUT2D eigenvalue weighted by Gasteiger charge is -2.15. The standard InChI is InChI=1S/C16H18N6O5/c1-26-12-6-10(5-11(7-12)22-9-17-19-20-22)18-14-13(16(25)27-2)8-21(3-4-23)15(14)24/h5-7,9,18,23H,3-4,8H2,1-2H3. The fourth-order valence-corrected chi connectivity index (χ4v) is 2.68. The Balaban J connectivity index is 1.97. The van der Waals surface area contributed by atoms with Crippen LogP contribution < -0.4 is 10.1 Å². The molecular formula is C16H18N6O5. The van der Waals surface area contributed by atoms with Crippen LogP contribution in [0.25, 0.3) is 5.69 Å². The Morgan fingerprint density at radius 3 is 2.78 bits per heavy atom. The van der Waals surface area contributed by atoms with Crippen LogP contribution in [0, 0.1) is 0 Å². The molecule has 11 nitrogen and oxygen atoms in total. The summed E-state index contributed by atoms with van der Waals surface area (Å²) in [5.41, 5.74) is 1.36. The average molecular weight is 374 g/mol. The molecule has 1 aromatic carbocycles. The largest absolute Gasteiger partial charge is 0.497 e. The number of β-amino-alcohol motifs (C(OH)–C–C–N with tert-alkyl or cyclic N) is 1. The first-order valence-electron chi connectivity index (χ1n) is 7.98. The van der Waals surface area contributed by atoms with E-state index in [2.05, 4.69) is 20.8 Å². The summed E-state index contributed by atoms with van der Waals surface area (Å²) in [6.45, 7) is -0.0488. The van der Waals surface area contributed by atoms with Crippen LogP contribution in [0.4, 0.5) is 5.69 Å². The third kappa shape index (κ3) is 3.72. The van der Waals surface area contributed by atoms with Crippen LogP contribution >= 0.6 is 0 Å². The lowest BCUT2D eigenvalue weighted by molar-refractivity contribution is -0.136. The topological polar surface area (TPSA) is 132 Å². The van der Waals surface area contributed by atoms with Gasteiger partial charge in [-0.15, -0.1) is 5.10 Å². The van der Waals surface area contributed by atoms with Gasteiger partial charge in [0.05, 0.1) is 38.6 Å². The molecule has 0 fully saturated rings. The molecule has 0 saturated heterocycles. The second-order valence-corrected chi connectivity index (χ2v) is 5.59. The van der Waals surface area contributed by atoms with E-state index in [1.165, 1.54) is 30.1 Å². The summed E-state index contributed by atoms with van der Waals surface area (Å²) in [5, 5.41) is 23.1. The zero-order valence-electron chi connectivity index (χ0n) is 14.7. The maximum atomic E-state index is 12.6. The molecule has 0 radical (unpaired) electrons. The van der Waals surface area contributed by atoms with Gasteiger partial charge in [0, 0.05) is 24.4 Å². The molecule has 2 aromatic rings. The quantitative estimate of drug-likeness (QED) is 0.606. The number of carbonyl (C=O) groups excluding carboxylic acids is 2. The maximum absolute atomic E-state index is 12.6. The highest BCUT2D eigenvalue weighted by Gasteiger charge is 2.34. The molecule has 11 heteroatoms. The van der Waals surface area contributed by atoms with Gasteiger partial charge in [-0.05, 0) is 16.5 Å². The highest BCUT2D eigenvalue weighted by molar-refractivity contribution is 6.08. The maximum Gasteiger partial charge on any atom is 0.337 e. The summed E-state index contributed by atoms with van der Waals surface area (Å²) in [5.74, 6) is -0.519. The van der Waals surface area contributed by atoms with E-state index in [1.807, 2.05) is 0 Å². The van der Waals surface area contributed by atoms with Gasteiger partial charge in [0.15, 0.2) is 0 Å². The van der Waals surface area contributed by atoms with Crippen molar-refractivity contribution in [2.45, 2.75) is 0 Å². The Hall–Kier alpha value is -3.47. The van der Waals surface area contributed by atoms with Gasteiger partial charge in [-0.25, -0.2) is 9.48 Å². The monoisotopic (exact) mass is 374 g/mol. The lowest BCUT2D eigenvalue weighted by atomic mass is 10.2. The first-order valence-corrected chi connectivity index (χ1v) is 7.98. The molecule has 1 aromatic heterocycles. The normalized spacial score (nSPS) is 13.9. The summed E-state index contributed by atoms with van der Waals surface area (Å²) in [6.07, 6.45) is 1.42. The second kappa shape index (κ2) is 7.83. The SMILES string of the molecule is COC(=O)C1=C(Nc2cc(OC)cc(-n3cnnn3)c2)C(=O)N(CCO)C1. The molecule has 2 heterocycles. The average Bonchev–Trinajstić information content (AvgIpc) is 3.32. The van der Waals surface area contributed by atoms with Crippen LogP contribution in [0.1, 0.15) is 0 Å². The zero-order chi connectivity index (χ0) is 19.4. The molecule has 1 aliphatic rings. The van der Waals surface area contributed by atoms with Crippen molar-refractivity contribution in [2.24, 2.45) is 0 Å². The van der Waals surface area contributed by atoms with Crippen molar-refractivity contribution in [3.05, 3.63) is 35.8 Å². The number of rotatable bonds is 7. The van der Waals surface area contributed by atoms with Gasteiger partial charge in [-0.2, -0.15) is 0 Å². The van der Waals surface area contributed by atoms with Crippen molar-refractivity contribution in [1.29, 1.82) is 0 Å². The number of aliphatic hydroxyl groups is 1. The lowest BCUT2D eigenvalue weighted by Crippen LogP contribution is -2.31. The van der Waals surface area contributed by atoms with Crippen LogP contribution in [0.2, 0.25) is 0 Å². The summed E-state index contributed by atoms with van der Waals surface area (Å²) < 4.78 is 11.5. The van der Waals surface area contributed by atoms with E-state index >= 15 is 0 Å². The Kier molecular flexibility index (Phi) is 5.31. The number of anilines is 1. The van der Waals surface area contributed by atoms with E-state index in [-0.39, 0.29) is 31.0 Å². The van der Waals surface area contributed by atoms with Crippen LogP contribution in [0.5, 0.6) is 5.75 Å². The first kappa shape index (κ1) is 18.3. The van der Waals surface area contributed by atoms with Gasteiger partial charge < -0.3 is 24.8 Å². The van der Waals surface area contributed by atoms with Crippen molar-refractivity contribution < 1.29 is 24.2 Å². The van der Waals surface area contributed by atoms with E-state index < -0.39 is 11.9 Å². The highest BCUT2D eigenvalue weighted by atomic mass is 16.5. The molecule has 2 N–H and O–H groups in total. The van der Waals surface area contributed by atoms with Gasteiger partial charge in [-0.1, -0.05) is 0 Å². The van der Waals surface area contributed by atoms with E-state index in [1.54, 1.807) is 18.2 Å². The van der Waals surface area contributed by atoms with Crippen molar-refractivity contribution in [3.8, 4) is 11.4 Å². The van der Waals surface area contributed by atoms with E-state index in [4.69, 9.17) is 14.6 Å². The number of hydrogen-bond donors (Lipinski definition) is 2. The van der Waals surface area contributed by atoms with Crippen molar-refractivity contribution >= 4 is 17.6 Å². The van der Waals surface area contributed by atoms with Gasteiger partial charge in [0.1, 0.15) is 17.8 Å². The Bertz CT molecular complexity index is 879. The van der Waals surface area contributed by atoms with E-state index in [0.29, 0.717) is 17.1 Å². The number of methoxy groups -OCH3 is 2. The molecule has 0 spiro atoms. The van der Waals surface area contributed by atoms with Gasteiger partial charge in [0.25, 0.3) is 5.91 Å². The molecule has 0 aliphatic carbocycles. The molecule has 1 aliphatic heterocycles. The van der Waals surface area contributed by atoms with Crippen molar-refractivity contribution in [3.63, 3.8) is 0 Å². The summed E-state index contributed by atoms with van der Waals surface area (Å²) in [4.78, 5) is 26.0. The number of benzene rings is 1. The van der Waals surface area contributed by atoms with Gasteiger partial charge >= 0.3 is 5.97 Å². The third-order valence-electron chi connectivity index (χ3n) is 3.96. The molecule has 0 atom stereocenters. The third-order valence-corrected chi connectivity index (χ3v) is 3.96. The Morgan fingerprint density at radius 1 is 1.33 bits per heavy atom. The molecule has 1 amide bonds. The highest BCUT2D eigenvalue weighted by Crippen LogP contribution is 2.27. The number of nitrogens with zero attached hydrogens (tertiary/aromatic N) is 5.